The van der Waals surface area contributed by atoms with Gasteiger partial charge in [0.25, 0.3) is 0 Å². The summed E-state index contributed by atoms with van der Waals surface area (Å²) < 4.78 is 0. The molecule has 0 aromatic carbocycles. The molecule has 2 aliphatic carbocycles. The van der Waals surface area contributed by atoms with E-state index >= 15 is 0 Å². The number of nitrogens with two attached hydrogens (primary N) is 1. The van der Waals surface area contributed by atoms with Crippen LogP contribution in [0.5, 0.6) is 0 Å². The van der Waals surface area contributed by atoms with Gasteiger partial charge in [0.1, 0.15) is 0 Å². The summed E-state index contributed by atoms with van der Waals surface area (Å²) in [5, 5.41) is 0. The lowest BCUT2D eigenvalue weighted by Gasteiger charge is -2.34. The van der Waals surface area contributed by atoms with Crippen LogP contribution in [0.1, 0.15) is 57.8 Å². The maximum atomic E-state index is 5.98. The van der Waals surface area contributed by atoms with Crippen LogP contribution < -0.4 is 5.73 Å². The summed E-state index contributed by atoms with van der Waals surface area (Å²) in [6.07, 6.45) is 12.8. The van der Waals surface area contributed by atoms with E-state index in [-0.39, 0.29) is 0 Å². The number of rotatable bonds is 4. The zero-order chi connectivity index (χ0) is 12.1. The van der Waals surface area contributed by atoms with E-state index in [1.807, 2.05) is 0 Å². The van der Waals surface area contributed by atoms with Gasteiger partial charge in [-0.2, -0.15) is 0 Å². The third kappa shape index (κ3) is 3.69. The second-order valence-corrected chi connectivity index (χ2v) is 6.29. The Kier molecular flexibility index (Phi) is 5.30. The van der Waals surface area contributed by atoms with Crippen molar-refractivity contribution >= 4 is 0 Å². The Morgan fingerprint density at radius 2 is 1.59 bits per heavy atom. The van der Waals surface area contributed by atoms with E-state index in [2.05, 4.69) is 11.9 Å². The standard InChI is InChI=1S/C15H30N2/c1-17(12-13-7-5-6-8-13)15-10-4-2-3-9-14(15)11-16/h13-15H,2-12,16H2,1H3. The van der Waals surface area contributed by atoms with Crippen LogP contribution in [0.2, 0.25) is 0 Å². The van der Waals surface area contributed by atoms with Crippen molar-refractivity contribution in [3.63, 3.8) is 0 Å². The van der Waals surface area contributed by atoms with Gasteiger partial charge in [-0.25, -0.2) is 0 Å². The van der Waals surface area contributed by atoms with E-state index in [0.29, 0.717) is 0 Å². The van der Waals surface area contributed by atoms with Crippen LogP contribution in [0.3, 0.4) is 0 Å². The molecule has 100 valence electrons. The molecule has 0 spiro atoms. The molecule has 0 bridgehead atoms. The second kappa shape index (κ2) is 6.75. The summed E-state index contributed by atoms with van der Waals surface area (Å²) in [4.78, 5) is 2.65. The normalized spacial score (nSPS) is 31.9. The number of nitrogens with zero attached hydrogens (tertiary/aromatic N) is 1. The Morgan fingerprint density at radius 3 is 2.29 bits per heavy atom. The van der Waals surface area contributed by atoms with Crippen LogP contribution in [0, 0.1) is 11.8 Å². The predicted octanol–water partition coefficient (Wildman–Crippen LogP) is 3.02. The highest BCUT2D eigenvalue weighted by Crippen LogP contribution is 2.30. The molecule has 2 N–H and O–H groups in total. The Hall–Kier alpha value is -0.0800. The van der Waals surface area contributed by atoms with Gasteiger partial charge in [-0.05, 0) is 51.1 Å². The third-order valence-corrected chi connectivity index (χ3v) is 5.01. The monoisotopic (exact) mass is 238 g/mol. The number of hydrogen-bond acceptors (Lipinski definition) is 2. The first kappa shape index (κ1) is 13.4. The van der Waals surface area contributed by atoms with Gasteiger partial charge in [0.2, 0.25) is 0 Å². The molecular formula is C15H30N2. The summed E-state index contributed by atoms with van der Waals surface area (Å²) in [6, 6.07) is 0.767. The van der Waals surface area contributed by atoms with Gasteiger partial charge in [-0.15, -0.1) is 0 Å². The van der Waals surface area contributed by atoms with Crippen LogP contribution in [0.4, 0.5) is 0 Å². The first-order chi connectivity index (χ1) is 8.31. The molecule has 2 nitrogen and oxygen atoms in total. The summed E-state index contributed by atoms with van der Waals surface area (Å²) in [7, 11) is 2.34. The molecule has 0 radical (unpaired) electrons. The van der Waals surface area contributed by atoms with Gasteiger partial charge >= 0.3 is 0 Å². The minimum absolute atomic E-state index is 0.754. The van der Waals surface area contributed by atoms with Crippen molar-refractivity contribution in [2.45, 2.75) is 63.8 Å². The molecule has 2 heteroatoms. The molecule has 2 saturated carbocycles. The molecule has 0 amide bonds. The molecular weight excluding hydrogens is 208 g/mol. The minimum atomic E-state index is 0.754. The Balaban J connectivity index is 1.87. The summed E-state index contributed by atoms with van der Waals surface area (Å²) in [6.45, 7) is 2.21. The molecule has 0 aromatic rings. The van der Waals surface area contributed by atoms with E-state index in [4.69, 9.17) is 5.73 Å². The van der Waals surface area contributed by atoms with Crippen LogP contribution in [-0.2, 0) is 0 Å². The van der Waals surface area contributed by atoms with E-state index in [1.54, 1.807) is 0 Å². The highest BCUT2D eigenvalue weighted by molar-refractivity contribution is 4.83. The fraction of sp³-hybridized carbons (Fsp3) is 1.00. The van der Waals surface area contributed by atoms with E-state index in [0.717, 1.165) is 24.4 Å². The average molecular weight is 238 g/mol. The smallest absolute Gasteiger partial charge is 0.0133 e. The van der Waals surface area contributed by atoms with Crippen LogP contribution >= 0.6 is 0 Å². The minimum Gasteiger partial charge on any atom is -0.330 e. The zero-order valence-corrected chi connectivity index (χ0v) is 11.5. The van der Waals surface area contributed by atoms with Gasteiger partial charge in [0, 0.05) is 12.6 Å². The van der Waals surface area contributed by atoms with Crippen LogP contribution in [0.15, 0.2) is 0 Å². The third-order valence-electron chi connectivity index (χ3n) is 5.01. The second-order valence-electron chi connectivity index (χ2n) is 6.29. The van der Waals surface area contributed by atoms with Crippen molar-refractivity contribution in [3.8, 4) is 0 Å². The Bertz CT molecular complexity index is 211. The fourth-order valence-electron chi connectivity index (χ4n) is 3.96. The maximum absolute atomic E-state index is 5.98. The summed E-state index contributed by atoms with van der Waals surface area (Å²) in [5.41, 5.74) is 5.98. The quantitative estimate of drug-likeness (QED) is 0.763. The lowest BCUT2D eigenvalue weighted by atomic mass is 9.93. The fourth-order valence-corrected chi connectivity index (χ4v) is 3.96. The molecule has 17 heavy (non-hydrogen) atoms. The SMILES string of the molecule is CN(CC1CCCC1)C1CCCCCC1CN. The van der Waals surface area contributed by atoms with Crippen molar-refractivity contribution in [2.75, 3.05) is 20.1 Å². The maximum Gasteiger partial charge on any atom is 0.0133 e. The predicted molar refractivity (Wildman–Crippen MR) is 74.0 cm³/mol. The first-order valence-corrected chi connectivity index (χ1v) is 7.71. The molecule has 2 unspecified atom stereocenters. The van der Waals surface area contributed by atoms with Gasteiger partial charge in [-0.1, -0.05) is 32.1 Å². The molecule has 0 aromatic heterocycles. The molecule has 2 rings (SSSR count). The lowest BCUT2D eigenvalue weighted by molar-refractivity contribution is 0.146. The van der Waals surface area contributed by atoms with E-state index < -0.39 is 0 Å². The van der Waals surface area contributed by atoms with Gasteiger partial charge in [0.15, 0.2) is 0 Å². The van der Waals surface area contributed by atoms with E-state index in [1.165, 1.54) is 64.3 Å². The van der Waals surface area contributed by atoms with Crippen molar-refractivity contribution in [1.82, 2.24) is 4.90 Å². The Morgan fingerprint density at radius 1 is 0.941 bits per heavy atom. The van der Waals surface area contributed by atoms with Crippen LogP contribution in [-0.4, -0.2) is 31.1 Å². The highest BCUT2D eigenvalue weighted by Gasteiger charge is 2.28. The summed E-state index contributed by atoms with van der Waals surface area (Å²) >= 11 is 0. The zero-order valence-electron chi connectivity index (χ0n) is 11.5. The van der Waals surface area contributed by atoms with Crippen molar-refractivity contribution in [1.29, 1.82) is 0 Å². The number of hydrogen-bond donors (Lipinski definition) is 1. The molecule has 0 saturated heterocycles. The molecule has 0 heterocycles. The topological polar surface area (TPSA) is 29.3 Å². The molecule has 2 atom stereocenters. The van der Waals surface area contributed by atoms with Gasteiger partial charge < -0.3 is 10.6 Å². The molecule has 2 aliphatic rings. The van der Waals surface area contributed by atoms with Crippen molar-refractivity contribution in [3.05, 3.63) is 0 Å². The Labute approximate surface area is 107 Å². The van der Waals surface area contributed by atoms with Crippen LogP contribution in [0.25, 0.3) is 0 Å². The van der Waals surface area contributed by atoms with Crippen molar-refractivity contribution in [2.24, 2.45) is 17.6 Å². The first-order valence-electron chi connectivity index (χ1n) is 7.71. The molecule has 2 fully saturated rings. The highest BCUT2D eigenvalue weighted by atomic mass is 15.1. The van der Waals surface area contributed by atoms with Crippen molar-refractivity contribution < 1.29 is 0 Å². The summed E-state index contributed by atoms with van der Waals surface area (Å²) in [5.74, 6) is 1.73. The van der Waals surface area contributed by atoms with Gasteiger partial charge in [-0.3, -0.25) is 0 Å². The van der Waals surface area contributed by atoms with E-state index in [9.17, 15) is 0 Å². The largest absolute Gasteiger partial charge is 0.330 e. The lowest BCUT2D eigenvalue weighted by Crippen LogP contribution is -2.42. The molecule has 0 aliphatic heterocycles. The average Bonchev–Trinajstić information content (AvgIpc) is 2.71. The van der Waals surface area contributed by atoms with Gasteiger partial charge in [0.05, 0.1) is 0 Å².